The van der Waals surface area contributed by atoms with Crippen molar-refractivity contribution in [3.05, 3.63) is 44.8 Å². The minimum atomic E-state index is -1.38. The topological polar surface area (TPSA) is 187 Å². The van der Waals surface area contributed by atoms with Gasteiger partial charge in [-0.05, 0) is 25.5 Å². The first kappa shape index (κ1) is 36.5. The van der Waals surface area contributed by atoms with E-state index in [0.717, 1.165) is 11.3 Å². The zero-order valence-electron chi connectivity index (χ0n) is 27.8. The van der Waals surface area contributed by atoms with Gasteiger partial charge in [0.15, 0.2) is 16.6 Å². The predicted octanol–water partition coefficient (Wildman–Crippen LogP) is 2.96. The summed E-state index contributed by atoms with van der Waals surface area (Å²) in [5, 5.41) is 31.2. The van der Waals surface area contributed by atoms with Crippen molar-refractivity contribution in [1.29, 1.82) is 5.26 Å². The lowest BCUT2D eigenvalue weighted by atomic mass is 9.78. The van der Waals surface area contributed by atoms with Crippen LogP contribution in [0.15, 0.2) is 18.2 Å². The lowest BCUT2D eigenvalue weighted by Crippen LogP contribution is -2.43. The normalized spacial score (nSPS) is 13.4. The molecule has 1 aromatic heterocycles. The van der Waals surface area contributed by atoms with Crippen molar-refractivity contribution in [3.8, 4) is 23.3 Å². The number of carbonyl (C=O) groups is 5. The van der Waals surface area contributed by atoms with Crippen molar-refractivity contribution >= 4 is 64.2 Å². The van der Waals surface area contributed by atoms with Gasteiger partial charge in [-0.15, -0.1) is 11.3 Å². The molecule has 1 aliphatic carbocycles. The number of ether oxygens (including phenoxy) is 2. The average Bonchev–Trinajstić information content (AvgIpc) is 3.61. The van der Waals surface area contributed by atoms with Crippen LogP contribution in [0.1, 0.15) is 62.1 Å². The summed E-state index contributed by atoms with van der Waals surface area (Å²) in [6.45, 7) is 12.9. The zero-order valence-corrected chi connectivity index (χ0v) is 28.6. The van der Waals surface area contributed by atoms with E-state index in [1.54, 1.807) is 40.0 Å². The number of ketones is 2. The monoisotopic (exact) mass is 690 g/mol. The quantitative estimate of drug-likeness (QED) is 0.162. The molecule has 0 aliphatic heterocycles. The van der Waals surface area contributed by atoms with E-state index < -0.39 is 35.1 Å². The highest BCUT2D eigenvalue weighted by Gasteiger charge is 2.36. The van der Waals surface area contributed by atoms with E-state index in [0.29, 0.717) is 21.3 Å². The minimum Gasteiger partial charge on any atom is -0.507 e. The van der Waals surface area contributed by atoms with Gasteiger partial charge in [0.1, 0.15) is 23.3 Å². The number of thiazole rings is 1. The lowest BCUT2D eigenvalue weighted by Gasteiger charge is -2.30. The van der Waals surface area contributed by atoms with Crippen LogP contribution in [0.25, 0.3) is 23.4 Å². The van der Waals surface area contributed by atoms with Crippen LogP contribution >= 0.6 is 11.3 Å². The summed E-state index contributed by atoms with van der Waals surface area (Å²) in [7, 11) is 1.56. The third-order valence-corrected chi connectivity index (χ3v) is 9.42. The van der Waals surface area contributed by atoms with Gasteiger partial charge in [-0.3, -0.25) is 19.2 Å². The van der Waals surface area contributed by atoms with Crippen LogP contribution in [0.2, 0.25) is 0 Å². The molecule has 1 aliphatic rings. The Kier molecular flexibility index (Phi) is 11.1. The molecule has 14 heteroatoms. The number of amides is 2. The van der Waals surface area contributed by atoms with E-state index >= 15 is 0 Å². The first-order chi connectivity index (χ1) is 23.0. The summed E-state index contributed by atoms with van der Waals surface area (Å²) >= 11 is 1.14. The molecule has 1 fully saturated rings. The van der Waals surface area contributed by atoms with E-state index in [2.05, 4.69) is 18.1 Å². The maximum Gasteiger partial charge on any atom is 0.415 e. The fraction of sp³-hybridized carbons (Fsp3) is 0.400. The first-order valence-electron chi connectivity index (χ1n) is 15.5. The molecule has 0 saturated heterocycles. The number of nitriles is 1. The number of phenolic OH excluding ortho intramolecular Hbond substituents is 2. The summed E-state index contributed by atoms with van der Waals surface area (Å²) in [5.41, 5.74) is 0.322. The second-order valence-electron chi connectivity index (χ2n) is 12.6. The van der Waals surface area contributed by atoms with E-state index in [1.165, 1.54) is 15.9 Å². The number of aromatic hydroxyl groups is 2. The van der Waals surface area contributed by atoms with Gasteiger partial charge in [-0.2, -0.15) is 5.26 Å². The van der Waals surface area contributed by atoms with Gasteiger partial charge in [0.05, 0.1) is 10.2 Å². The number of esters is 1. The standard InChI is InChI=1S/C35H38N4O9S/c1-19-20(2)32(45)30(21(3)31(19)44)35(4,5)17-28(42)38(6)14-15-39(13-7-8-29(43)48-33-24(40)11-12-25(33)41)34(46)47-22-9-10-23-26(16-22)49-27(18-36)37-23/h9-10,16,33,44-45H,2-3,7-8,11-15,17H2,1,4-6H3. The third kappa shape index (κ3) is 8.24. The molecule has 2 N–H and O–H groups in total. The first-order valence-corrected chi connectivity index (χ1v) is 16.3. The molecule has 0 atom stereocenters. The zero-order chi connectivity index (χ0) is 36.2. The lowest BCUT2D eigenvalue weighted by molar-refractivity contribution is -0.157. The fourth-order valence-corrected chi connectivity index (χ4v) is 6.38. The van der Waals surface area contributed by atoms with Crippen LogP contribution in [0.3, 0.4) is 0 Å². The van der Waals surface area contributed by atoms with Crippen LogP contribution in [0.5, 0.6) is 17.2 Å². The summed E-state index contributed by atoms with van der Waals surface area (Å²) in [6.07, 6.45) is -2.21. The van der Waals surface area contributed by atoms with Gasteiger partial charge in [-0.25, -0.2) is 9.78 Å². The molecule has 1 heterocycles. The smallest absolute Gasteiger partial charge is 0.415 e. The van der Waals surface area contributed by atoms with E-state index in [9.17, 15) is 34.2 Å². The number of rotatable bonds is 12. The predicted molar refractivity (Wildman–Crippen MR) is 180 cm³/mol. The van der Waals surface area contributed by atoms with Crippen molar-refractivity contribution in [1.82, 2.24) is 14.8 Å². The number of fused-ring (bicyclic) bond motifs is 1. The van der Waals surface area contributed by atoms with Crippen LogP contribution < -0.4 is 15.2 Å². The van der Waals surface area contributed by atoms with Crippen molar-refractivity contribution in [2.45, 2.75) is 64.4 Å². The largest absolute Gasteiger partial charge is 0.507 e. The number of likely N-dealkylation sites (N-methyl/N-ethyl adjacent to an activating group) is 1. The molecule has 2 aromatic carbocycles. The van der Waals surface area contributed by atoms with Gasteiger partial charge in [0.2, 0.25) is 12.0 Å². The molecule has 49 heavy (non-hydrogen) atoms. The number of hydrogen-bond donors (Lipinski definition) is 2. The molecular weight excluding hydrogens is 652 g/mol. The molecule has 4 rings (SSSR count). The molecule has 0 radical (unpaired) electrons. The van der Waals surface area contributed by atoms with Crippen LogP contribution in [-0.4, -0.2) is 87.3 Å². The maximum absolute atomic E-state index is 13.4. The van der Waals surface area contributed by atoms with Crippen molar-refractivity contribution in [3.63, 3.8) is 0 Å². The summed E-state index contributed by atoms with van der Waals surface area (Å²) in [4.78, 5) is 69.8. The summed E-state index contributed by atoms with van der Waals surface area (Å²) in [6, 6.07) is 6.72. The highest BCUT2D eigenvalue weighted by Crippen LogP contribution is 2.32. The third-order valence-electron chi connectivity index (χ3n) is 8.50. The summed E-state index contributed by atoms with van der Waals surface area (Å²) in [5.74, 6) is -1.99. The Bertz CT molecular complexity index is 1960. The highest BCUT2D eigenvalue weighted by atomic mass is 32.1. The van der Waals surface area contributed by atoms with Gasteiger partial charge < -0.3 is 29.5 Å². The Balaban J connectivity index is 1.45. The Labute approximate surface area is 286 Å². The SMILES string of the molecule is C=c1c(C)c(O)c(=C)c(C(C)(C)CC(=O)N(C)CCN(CCCC(=O)OC2C(=O)CCC2=O)C(=O)Oc2ccc3nc(C#N)sc3c2)c1O. The fourth-order valence-electron chi connectivity index (χ4n) is 5.59. The van der Waals surface area contributed by atoms with Gasteiger partial charge in [-0.1, -0.05) is 27.0 Å². The Morgan fingerprint density at radius 3 is 2.41 bits per heavy atom. The molecule has 0 spiro atoms. The molecule has 2 amide bonds. The number of nitrogens with zero attached hydrogens (tertiary/aromatic N) is 4. The van der Waals surface area contributed by atoms with Crippen molar-refractivity contribution in [2.24, 2.45) is 0 Å². The number of Topliss-reactive ketones (excluding diaryl/α,β-unsaturated/α-hetero) is 2. The van der Waals surface area contributed by atoms with Crippen LogP contribution in [0, 0.1) is 18.3 Å². The van der Waals surface area contributed by atoms with E-state index in [1.807, 2.05) is 6.07 Å². The molecule has 13 nitrogen and oxygen atoms in total. The Morgan fingerprint density at radius 2 is 1.76 bits per heavy atom. The number of aromatic nitrogens is 1. The van der Waals surface area contributed by atoms with Crippen LogP contribution in [-0.2, 0) is 29.3 Å². The van der Waals surface area contributed by atoms with Crippen molar-refractivity contribution in [2.75, 3.05) is 26.7 Å². The van der Waals surface area contributed by atoms with Gasteiger partial charge in [0.25, 0.3) is 0 Å². The second kappa shape index (κ2) is 14.9. The van der Waals surface area contributed by atoms with Gasteiger partial charge in [0, 0.05) is 85.4 Å². The molecule has 0 unspecified atom stereocenters. The van der Waals surface area contributed by atoms with Crippen molar-refractivity contribution < 1.29 is 43.7 Å². The second-order valence-corrected chi connectivity index (χ2v) is 13.6. The van der Waals surface area contributed by atoms with E-state index in [4.69, 9.17) is 14.7 Å². The molecule has 1 saturated carbocycles. The average molecular weight is 691 g/mol. The Hall–Kier alpha value is -5.29. The molecule has 3 aromatic rings. The molecule has 0 bridgehead atoms. The number of benzene rings is 2. The van der Waals surface area contributed by atoms with E-state index in [-0.39, 0.29) is 90.3 Å². The number of carbonyl (C=O) groups excluding carboxylic acids is 5. The molecule has 258 valence electrons. The maximum atomic E-state index is 13.4. The molecular formula is C35H38N4O9S. The minimum absolute atomic E-state index is 0.0116. The Morgan fingerprint density at radius 1 is 1.08 bits per heavy atom. The number of phenols is 2. The summed E-state index contributed by atoms with van der Waals surface area (Å²) < 4.78 is 11.3. The van der Waals surface area contributed by atoms with Gasteiger partial charge >= 0.3 is 12.1 Å². The van der Waals surface area contributed by atoms with Crippen LogP contribution in [0.4, 0.5) is 4.79 Å². The highest BCUT2D eigenvalue weighted by molar-refractivity contribution is 7.19. The number of hydrogen-bond acceptors (Lipinski definition) is 12.